The summed E-state index contributed by atoms with van der Waals surface area (Å²) in [6, 6.07) is 31.4. The van der Waals surface area contributed by atoms with Crippen molar-refractivity contribution in [1.29, 1.82) is 0 Å². The highest BCUT2D eigenvalue weighted by molar-refractivity contribution is 14.1. The minimum Gasteiger partial charge on any atom is -0.357 e. The molecular weight excluding hydrogens is 419 g/mol. The lowest BCUT2D eigenvalue weighted by atomic mass is 9.80. The van der Waals surface area contributed by atoms with Gasteiger partial charge in [0.1, 0.15) is 5.60 Å². The molecule has 0 radical (unpaired) electrons. The van der Waals surface area contributed by atoms with Gasteiger partial charge in [0.05, 0.1) is 6.61 Å². The normalized spacial score (nSPS) is 12.2. The molecule has 3 aromatic rings. The van der Waals surface area contributed by atoms with Gasteiger partial charge in [0.2, 0.25) is 0 Å². The Hall–Kier alpha value is -1.91. The first-order chi connectivity index (χ1) is 12.2. The summed E-state index contributed by atoms with van der Waals surface area (Å²) in [5, 5.41) is 0. The largest absolute Gasteiger partial charge is 0.357 e. The predicted molar refractivity (Wildman–Crippen MR) is 113 cm³/mol. The molecule has 0 fully saturated rings. The van der Waals surface area contributed by atoms with Crippen molar-refractivity contribution >= 4 is 22.6 Å². The van der Waals surface area contributed by atoms with Gasteiger partial charge in [-0.15, -0.1) is 0 Å². The van der Waals surface area contributed by atoms with Crippen molar-refractivity contribution < 1.29 is 4.74 Å². The maximum absolute atomic E-state index is 6.62. The fourth-order valence-electron chi connectivity index (χ4n) is 3.05. The van der Waals surface area contributed by atoms with Crippen molar-refractivity contribution in [3.8, 4) is 0 Å². The van der Waals surface area contributed by atoms with E-state index in [1.54, 1.807) is 0 Å². The molecule has 25 heavy (non-hydrogen) atoms. The van der Waals surface area contributed by atoms with Crippen LogP contribution in [0, 0.1) is 0 Å². The minimum atomic E-state index is -0.633. The average Bonchev–Trinajstić information content (AvgIpc) is 2.67. The highest BCUT2D eigenvalue weighted by Gasteiger charge is 2.37. The van der Waals surface area contributed by atoms with Crippen molar-refractivity contribution in [3.63, 3.8) is 0 Å². The van der Waals surface area contributed by atoms with Gasteiger partial charge in [-0.1, -0.05) is 91.0 Å². The molecule has 2 heteroatoms. The summed E-state index contributed by atoms with van der Waals surface area (Å²) in [5.74, 6) is 0. The third-order valence-electron chi connectivity index (χ3n) is 4.21. The lowest BCUT2D eigenvalue weighted by Gasteiger charge is -2.35. The molecule has 0 spiro atoms. The second-order valence-electron chi connectivity index (χ2n) is 5.88. The van der Waals surface area contributed by atoms with Crippen molar-refractivity contribution in [3.05, 3.63) is 117 Å². The van der Waals surface area contributed by atoms with Crippen LogP contribution in [0.25, 0.3) is 0 Å². The van der Waals surface area contributed by atoms with Gasteiger partial charge in [-0.2, -0.15) is 0 Å². The van der Waals surface area contributed by atoms with E-state index in [-0.39, 0.29) is 0 Å². The highest BCUT2D eigenvalue weighted by Crippen LogP contribution is 2.40. The first-order valence-corrected chi connectivity index (χ1v) is 9.44. The summed E-state index contributed by atoms with van der Waals surface area (Å²) >= 11 is 2.32. The molecule has 0 aliphatic heterocycles. The number of allylic oxidation sites excluding steroid dienone is 1. The lowest BCUT2D eigenvalue weighted by molar-refractivity contribution is 0.0319. The molecule has 0 saturated carbocycles. The Morgan fingerprint density at radius 2 is 1.12 bits per heavy atom. The van der Waals surface area contributed by atoms with Crippen LogP contribution in [-0.2, 0) is 10.3 Å². The quantitative estimate of drug-likeness (QED) is 0.321. The van der Waals surface area contributed by atoms with E-state index >= 15 is 0 Å². The van der Waals surface area contributed by atoms with Crippen molar-refractivity contribution in [2.24, 2.45) is 0 Å². The molecule has 3 aromatic carbocycles. The van der Waals surface area contributed by atoms with E-state index in [4.69, 9.17) is 4.74 Å². The van der Waals surface area contributed by atoms with E-state index in [1.165, 1.54) is 3.58 Å². The molecule has 0 saturated heterocycles. The standard InChI is InChI=1S/C23H21IO/c1-19(24)17-18-25-23(20-11-5-2-6-12-20,21-13-7-3-8-14-21)22-15-9-4-10-16-22/h2-17H,18H2,1H3/b19-17-. The van der Waals surface area contributed by atoms with Gasteiger partial charge < -0.3 is 4.74 Å². The number of benzene rings is 3. The van der Waals surface area contributed by atoms with Crippen LogP contribution >= 0.6 is 22.6 Å². The Morgan fingerprint density at radius 1 is 0.760 bits per heavy atom. The maximum Gasteiger partial charge on any atom is 0.144 e. The van der Waals surface area contributed by atoms with Gasteiger partial charge in [0, 0.05) is 0 Å². The molecule has 0 amide bonds. The van der Waals surface area contributed by atoms with Crippen molar-refractivity contribution in [2.75, 3.05) is 6.61 Å². The van der Waals surface area contributed by atoms with Crippen molar-refractivity contribution in [1.82, 2.24) is 0 Å². The van der Waals surface area contributed by atoms with E-state index < -0.39 is 5.60 Å². The number of halogens is 1. The summed E-state index contributed by atoms with van der Waals surface area (Å²) in [6.45, 7) is 2.63. The molecule has 0 bridgehead atoms. The van der Waals surface area contributed by atoms with E-state index in [1.807, 2.05) is 18.2 Å². The summed E-state index contributed by atoms with van der Waals surface area (Å²) in [7, 11) is 0. The first-order valence-electron chi connectivity index (χ1n) is 8.36. The number of rotatable bonds is 6. The molecule has 126 valence electrons. The molecule has 3 rings (SSSR count). The molecule has 0 aliphatic rings. The van der Waals surface area contributed by atoms with Crippen LogP contribution in [0.2, 0.25) is 0 Å². The van der Waals surface area contributed by atoms with E-state index in [0.29, 0.717) is 6.61 Å². The topological polar surface area (TPSA) is 9.23 Å². The van der Waals surface area contributed by atoms with Crippen LogP contribution in [0.15, 0.2) is 101 Å². The zero-order chi connectivity index (χ0) is 17.5. The van der Waals surface area contributed by atoms with Gasteiger partial charge in [0.15, 0.2) is 0 Å². The van der Waals surface area contributed by atoms with Crippen LogP contribution in [-0.4, -0.2) is 6.61 Å². The average molecular weight is 440 g/mol. The molecule has 1 nitrogen and oxygen atoms in total. The molecule has 0 aromatic heterocycles. The summed E-state index contributed by atoms with van der Waals surface area (Å²) < 4.78 is 7.84. The summed E-state index contributed by atoms with van der Waals surface area (Å²) in [6.07, 6.45) is 2.12. The first kappa shape index (κ1) is 17.9. The van der Waals surface area contributed by atoms with Gasteiger partial charge in [0.25, 0.3) is 0 Å². The van der Waals surface area contributed by atoms with E-state index in [9.17, 15) is 0 Å². The molecule has 0 atom stereocenters. The third kappa shape index (κ3) is 4.02. The zero-order valence-corrected chi connectivity index (χ0v) is 16.4. The Bertz CT molecular complexity index is 710. The number of hydrogen-bond donors (Lipinski definition) is 0. The van der Waals surface area contributed by atoms with Gasteiger partial charge in [-0.3, -0.25) is 0 Å². The summed E-state index contributed by atoms with van der Waals surface area (Å²) in [4.78, 5) is 0. The Morgan fingerprint density at radius 3 is 1.44 bits per heavy atom. The molecule has 0 N–H and O–H groups in total. The smallest absolute Gasteiger partial charge is 0.144 e. The van der Waals surface area contributed by atoms with E-state index in [2.05, 4.69) is 108 Å². The Labute approximate surface area is 163 Å². The fraction of sp³-hybridized carbons (Fsp3) is 0.130. The highest BCUT2D eigenvalue weighted by atomic mass is 127. The molecule has 0 heterocycles. The van der Waals surface area contributed by atoms with E-state index in [0.717, 1.165) is 16.7 Å². The van der Waals surface area contributed by atoms with Crippen LogP contribution in [0.4, 0.5) is 0 Å². The Balaban J connectivity index is 2.22. The minimum absolute atomic E-state index is 0.549. The maximum atomic E-state index is 6.62. The van der Waals surface area contributed by atoms with Gasteiger partial charge >= 0.3 is 0 Å². The monoisotopic (exact) mass is 440 g/mol. The molecule has 0 aliphatic carbocycles. The second-order valence-corrected chi connectivity index (χ2v) is 7.58. The van der Waals surface area contributed by atoms with Crippen LogP contribution in [0.5, 0.6) is 0 Å². The van der Waals surface area contributed by atoms with Crippen LogP contribution in [0.1, 0.15) is 23.6 Å². The zero-order valence-electron chi connectivity index (χ0n) is 14.2. The fourth-order valence-corrected chi connectivity index (χ4v) is 3.23. The number of ether oxygens (including phenoxy) is 1. The summed E-state index contributed by atoms with van der Waals surface area (Å²) in [5.41, 5.74) is 2.76. The van der Waals surface area contributed by atoms with Crippen LogP contribution in [0.3, 0.4) is 0 Å². The Kier molecular flexibility index (Phi) is 6.05. The molecular formula is C23H21IO. The predicted octanol–water partition coefficient (Wildman–Crippen LogP) is 6.33. The lowest BCUT2D eigenvalue weighted by Crippen LogP contribution is -2.33. The second kappa shape index (κ2) is 8.45. The van der Waals surface area contributed by atoms with Crippen LogP contribution < -0.4 is 0 Å². The molecule has 0 unspecified atom stereocenters. The third-order valence-corrected chi connectivity index (χ3v) is 4.65. The van der Waals surface area contributed by atoms with Crippen molar-refractivity contribution in [2.45, 2.75) is 12.5 Å². The van der Waals surface area contributed by atoms with Gasteiger partial charge in [-0.25, -0.2) is 0 Å². The number of hydrogen-bond acceptors (Lipinski definition) is 1. The van der Waals surface area contributed by atoms with Gasteiger partial charge in [-0.05, 0) is 55.9 Å². The SMILES string of the molecule is C/C(I)=C/COC(c1ccccc1)(c1ccccc1)c1ccccc1.